The number of carbonyl (C=O) groups excluding carboxylic acids is 1. The maximum absolute atomic E-state index is 11.5. The Bertz CT molecular complexity index is 160. The zero-order valence-corrected chi connectivity index (χ0v) is 10.0. The van der Waals surface area contributed by atoms with Gasteiger partial charge < -0.3 is 11.5 Å². The first kappa shape index (κ1) is 18.0. The first-order valence-electron chi connectivity index (χ1n) is 6.20. The fourth-order valence-corrected chi connectivity index (χ4v) is 1.58. The fourth-order valence-electron chi connectivity index (χ4n) is 1.58. The molecule has 0 amide bonds. The van der Waals surface area contributed by atoms with E-state index in [9.17, 15) is 4.79 Å². The highest BCUT2D eigenvalue weighted by atomic mass is 16.1. The molecule has 0 aliphatic rings. The molecule has 0 spiro atoms. The van der Waals surface area contributed by atoms with Gasteiger partial charge >= 0.3 is 0 Å². The minimum absolute atomic E-state index is 0. The Morgan fingerprint density at radius 2 is 1.81 bits per heavy atom. The van der Waals surface area contributed by atoms with Gasteiger partial charge in [-0.3, -0.25) is 4.79 Å². The van der Waals surface area contributed by atoms with Gasteiger partial charge in [-0.05, 0) is 25.8 Å². The average molecular weight is 230 g/mol. The molecule has 0 radical (unpaired) electrons. The first-order valence-corrected chi connectivity index (χ1v) is 6.20. The zero-order valence-electron chi connectivity index (χ0n) is 10.0. The average Bonchev–Trinajstić information content (AvgIpc) is 2.24. The second-order valence-corrected chi connectivity index (χ2v) is 4.17. The highest BCUT2D eigenvalue weighted by molar-refractivity contribution is 5.83. The molecule has 0 saturated heterocycles. The maximum Gasteiger partial charge on any atom is 0.149 e. The van der Waals surface area contributed by atoms with Crippen LogP contribution in [-0.4, -0.2) is 18.4 Å². The van der Waals surface area contributed by atoms with E-state index >= 15 is 0 Å². The minimum Gasteiger partial charge on any atom is -0.330 e. The van der Waals surface area contributed by atoms with Crippen molar-refractivity contribution in [3.8, 4) is 0 Å². The quantitative estimate of drug-likeness (QED) is 0.567. The summed E-state index contributed by atoms with van der Waals surface area (Å²) in [6, 6.07) is -0.252. The highest BCUT2D eigenvalue weighted by Gasteiger charge is 2.11. The third-order valence-corrected chi connectivity index (χ3v) is 2.66. The molecule has 98 valence electrons. The van der Waals surface area contributed by atoms with Crippen LogP contribution in [0.1, 0.15) is 65.7 Å². The summed E-state index contributed by atoms with van der Waals surface area (Å²) < 4.78 is 0. The molecule has 1 unspecified atom stereocenters. The Morgan fingerprint density at radius 3 is 2.38 bits per heavy atom. The van der Waals surface area contributed by atoms with Gasteiger partial charge in [0, 0.05) is 6.42 Å². The van der Waals surface area contributed by atoms with Gasteiger partial charge in [-0.2, -0.15) is 0 Å². The van der Waals surface area contributed by atoms with E-state index in [2.05, 4.69) is 6.92 Å². The van der Waals surface area contributed by atoms with Crippen LogP contribution in [0.3, 0.4) is 0 Å². The number of nitrogens with two attached hydrogens (primary N) is 2. The van der Waals surface area contributed by atoms with Crippen LogP contribution in [-0.2, 0) is 4.79 Å². The Kier molecular flexibility index (Phi) is 14.2. The van der Waals surface area contributed by atoms with Crippen molar-refractivity contribution in [1.29, 1.82) is 0 Å². The van der Waals surface area contributed by atoms with E-state index in [1.807, 2.05) is 0 Å². The molecule has 0 rings (SSSR count). The van der Waals surface area contributed by atoms with Gasteiger partial charge in [-0.15, -0.1) is 0 Å². The van der Waals surface area contributed by atoms with Crippen LogP contribution in [0.15, 0.2) is 0 Å². The monoisotopic (exact) mass is 230 g/mol. The number of hydrogen-bond acceptors (Lipinski definition) is 3. The smallest absolute Gasteiger partial charge is 0.149 e. The van der Waals surface area contributed by atoms with Crippen molar-refractivity contribution in [2.45, 2.75) is 71.8 Å². The second kappa shape index (κ2) is 12.7. The van der Waals surface area contributed by atoms with Gasteiger partial charge in [0.25, 0.3) is 0 Å². The fraction of sp³-hybridized carbons (Fsp3) is 0.923. The number of Topliss-reactive ketones (excluding diaryl/α,β-unsaturated/α-hetero) is 1. The van der Waals surface area contributed by atoms with Crippen LogP contribution < -0.4 is 11.5 Å². The van der Waals surface area contributed by atoms with E-state index in [4.69, 9.17) is 11.5 Å². The number of rotatable bonds is 10. The van der Waals surface area contributed by atoms with Gasteiger partial charge in [0.05, 0.1) is 6.04 Å². The molecule has 0 bridgehead atoms. The predicted octanol–water partition coefficient (Wildman–Crippen LogP) is 2.62. The molecule has 1 atom stereocenters. The van der Waals surface area contributed by atoms with E-state index in [0.717, 1.165) is 32.1 Å². The number of ketones is 1. The topological polar surface area (TPSA) is 69.1 Å². The van der Waals surface area contributed by atoms with Crippen LogP contribution in [0.25, 0.3) is 0 Å². The van der Waals surface area contributed by atoms with Gasteiger partial charge in [-0.25, -0.2) is 0 Å². The lowest BCUT2D eigenvalue weighted by molar-refractivity contribution is -0.120. The molecule has 0 aromatic carbocycles. The summed E-state index contributed by atoms with van der Waals surface area (Å²) in [5.41, 5.74) is 11.2. The lowest BCUT2D eigenvalue weighted by atomic mass is 10.0. The van der Waals surface area contributed by atoms with E-state index in [-0.39, 0.29) is 19.3 Å². The van der Waals surface area contributed by atoms with Crippen molar-refractivity contribution >= 4 is 5.78 Å². The minimum atomic E-state index is -0.252. The maximum atomic E-state index is 11.5. The van der Waals surface area contributed by atoms with Gasteiger partial charge in [0.15, 0.2) is 0 Å². The van der Waals surface area contributed by atoms with Gasteiger partial charge in [0.2, 0.25) is 0 Å². The number of carbonyl (C=O) groups is 1. The van der Waals surface area contributed by atoms with Crippen LogP contribution in [0.5, 0.6) is 0 Å². The summed E-state index contributed by atoms with van der Waals surface area (Å²) in [5, 5.41) is 0. The second-order valence-electron chi connectivity index (χ2n) is 4.17. The van der Waals surface area contributed by atoms with Crippen LogP contribution in [0, 0.1) is 0 Å². The summed E-state index contributed by atoms with van der Waals surface area (Å²) in [7, 11) is 0. The molecule has 0 saturated carbocycles. The summed E-state index contributed by atoms with van der Waals surface area (Å²) in [6.07, 6.45) is 7.96. The Morgan fingerprint density at radius 1 is 1.12 bits per heavy atom. The number of hydrogen-bond donors (Lipinski definition) is 2. The molecule has 4 N–H and O–H groups in total. The third-order valence-electron chi connectivity index (χ3n) is 2.66. The lowest BCUT2D eigenvalue weighted by Gasteiger charge is -2.09. The van der Waals surface area contributed by atoms with Crippen molar-refractivity contribution in [3.05, 3.63) is 0 Å². The highest BCUT2D eigenvalue weighted by Crippen LogP contribution is 2.07. The molecule has 16 heavy (non-hydrogen) atoms. The normalized spacial score (nSPS) is 11.9. The SMILES string of the molecule is C.CCCCCCC(=O)C(N)CCCCN. The summed E-state index contributed by atoms with van der Waals surface area (Å²) in [6.45, 7) is 2.86. The summed E-state index contributed by atoms with van der Waals surface area (Å²) in [5.74, 6) is 0.225. The van der Waals surface area contributed by atoms with Crippen molar-refractivity contribution < 1.29 is 4.79 Å². The Balaban J connectivity index is 0. The van der Waals surface area contributed by atoms with Crippen LogP contribution >= 0.6 is 0 Å². The predicted molar refractivity (Wildman–Crippen MR) is 71.4 cm³/mol. The van der Waals surface area contributed by atoms with Gasteiger partial charge in [0.1, 0.15) is 5.78 Å². The van der Waals surface area contributed by atoms with Crippen molar-refractivity contribution in [3.63, 3.8) is 0 Å². The molecule has 3 nitrogen and oxygen atoms in total. The number of unbranched alkanes of at least 4 members (excludes halogenated alkanes) is 4. The first-order chi connectivity index (χ1) is 7.22. The van der Waals surface area contributed by atoms with Crippen molar-refractivity contribution in [1.82, 2.24) is 0 Å². The molecule has 0 aromatic heterocycles. The molecule has 3 heteroatoms. The molecule has 0 heterocycles. The van der Waals surface area contributed by atoms with Crippen LogP contribution in [0.4, 0.5) is 0 Å². The molecular formula is C13H30N2O. The van der Waals surface area contributed by atoms with E-state index in [1.54, 1.807) is 0 Å². The molecule has 0 aliphatic heterocycles. The molecule has 0 aromatic rings. The largest absolute Gasteiger partial charge is 0.330 e. The van der Waals surface area contributed by atoms with Crippen molar-refractivity contribution in [2.24, 2.45) is 11.5 Å². The van der Waals surface area contributed by atoms with Crippen LogP contribution in [0.2, 0.25) is 0 Å². The lowest BCUT2D eigenvalue weighted by Crippen LogP contribution is -2.30. The standard InChI is InChI=1S/C12H26N2O.CH4/c1-2-3-4-5-9-12(15)11(14)8-6-7-10-13;/h11H,2-10,13-14H2,1H3;1H4. The summed E-state index contributed by atoms with van der Waals surface area (Å²) >= 11 is 0. The van der Waals surface area contributed by atoms with E-state index in [0.29, 0.717) is 13.0 Å². The van der Waals surface area contributed by atoms with Gasteiger partial charge in [-0.1, -0.05) is 40.0 Å². The van der Waals surface area contributed by atoms with Crippen molar-refractivity contribution in [2.75, 3.05) is 6.54 Å². The van der Waals surface area contributed by atoms with E-state index < -0.39 is 0 Å². The molecular weight excluding hydrogens is 200 g/mol. The summed E-state index contributed by atoms with van der Waals surface area (Å²) in [4.78, 5) is 11.5. The zero-order chi connectivity index (χ0) is 11.5. The Hall–Kier alpha value is -0.410. The molecule has 0 fully saturated rings. The molecule has 0 aliphatic carbocycles. The Labute approximate surface area is 101 Å². The van der Waals surface area contributed by atoms with E-state index in [1.165, 1.54) is 12.8 Å². The third kappa shape index (κ3) is 10.1.